The third-order valence-electron chi connectivity index (χ3n) is 3.74. The second-order valence-electron chi connectivity index (χ2n) is 5.75. The molecule has 0 unspecified atom stereocenters. The molecule has 0 amide bonds. The second kappa shape index (κ2) is 11.7. The number of methoxy groups -OCH3 is 1. The number of aromatic nitrogens is 1. The minimum Gasteiger partial charge on any atom is -0.493 e. The van der Waals surface area contributed by atoms with Gasteiger partial charge < -0.3 is 25.2 Å². The predicted molar refractivity (Wildman–Crippen MR) is 106 cm³/mol. The van der Waals surface area contributed by atoms with Crippen molar-refractivity contribution < 1.29 is 14.6 Å². The van der Waals surface area contributed by atoms with Gasteiger partial charge in [-0.15, -0.1) is 0 Å². The summed E-state index contributed by atoms with van der Waals surface area (Å²) in [5.74, 6) is 2.00. The number of aliphatic hydroxyl groups is 1. The Hall–Kier alpha value is -2.80. The van der Waals surface area contributed by atoms with Crippen LogP contribution < -0.4 is 20.1 Å². The fraction of sp³-hybridized carbons (Fsp3) is 0.400. The highest BCUT2D eigenvalue weighted by atomic mass is 16.5. The van der Waals surface area contributed by atoms with E-state index in [0.717, 1.165) is 36.7 Å². The molecule has 0 bridgehead atoms. The monoisotopic (exact) mass is 372 g/mol. The van der Waals surface area contributed by atoms with E-state index in [1.54, 1.807) is 13.3 Å². The van der Waals surface area contributed by atoms with E-state index in [0.29, 0.717) is 18.0 Å². The van der Waals surface area contributed by atoms with Crippen LogP contribution in [0.15, 0.2) is 47.6 Å². The summed E-state index contributed by atoms with van der Waals surface area (Å²) in [4.78, 5) is 8.94. The normalized spacial score (nSPS) is 11.1. The molecule has 0 aliphatic carbocycles. The lowest BCUT2D eigenvalue weighted by Gasteiger charge is -2.12. The predicted octanol–water partition coefficient (Wildman–Crippen LogP) is 1.76. The standard InChI is InChI=1S/C20H28N4O3/c1-3-21-20(23-11-9-17-6-4-5-10-22-17)24-15-16-7-8-18(27-13-12-25)19(14-16)26-2/h4-8,10,14,25H,3,9,11-13,15H2,1-2H3,(H2,21,23,24). The second-order valence-corrected chi connectivity index (χ2v) is 5.75. The zero-order valence-electron chi connectivity index (χ0n) is 15.9. The number of guanidine groups is 1. The average Bonchev–Trinajstić information content (AvgIpc) is 2.71. The molecule has 0 saturated carbocycles. The van der Waals surface area contributed by atoms with Crippen LogP contribution in [0.2, 0.25) is 0 Å². The fourth-order valence-corrected chi connectivity index (χ4v) is 2.45. The van der Waals surface area contributed by atoms with Gasteiger partial charge >= 0.3 is 0 Å². The average molecular weight is 372 g/mol. The van der Waals surface area contributed by atoms with Gasteiger partial charge in [-0.3, -0.25) is 4.98 Å². The molecular weight excluding hydrogens is 344 g/mol. The van der Waals surface area contributed by atoms with Crippen molar-refractivity contribution in [3.63, 3.8) is 0 Å². The smallest absolute Gasteiger partial charge is 0.191 e. The summed E-state index contributed by atoms with van der Waals surface area (Å²) in [6, 6.07) is 11.6. The van der Waals surface area contributed by atoms with Gasteiger partial charge in [-0.25, -0.2) is 4.99 Å². The molecule has 0 spiro atoms. The largest absolute Gasteiger partial charge is 0.493 e. The third kappa shape index (κ3) is 7.15. The molecule has 1 aromatic carbocycles. The number of hydrogen-bond acceptors (Lipinski definition) is 5. The molecule has 7 heteroatoms. The van der Waals surface area contributed by atoms with E-state index in [2.05, 4.69) is 20.6 Å². The number of aliphatic imine (C=N–C) groups is 1. The Morgan fingerprint density at radius 3 is 2.78 bits per heavy atom. The van der Waals surface area contributed by atoms with Crippen molar-refractivity contribution in [1.82, 2.24) is 15.6 Å². The number of aliphatic hydroxyl groups excluding tert-OH is 1. The van der Waals surface area contributed by atoms with E-state index in [4.69, 9.17) is 14.6 Å². The molecule has 3 N–H and O–H groups in total. The van der Waals surface area contributed by atoms with Crippen LogP contribution in [0.5, 0.6) is 11.5 Å². The molecule has 2 rings (SSSR count). The van der Waals surface area contributed by atoms with Crippen molar-refractivity contribution in [2.75, 3.05) is 33.4 Å². The first-order chi connectivity index (χ1) is 13.3. The molecule has 0 saturated heterocycles. The van der Waals surface area contributed by atoms with Crippen LogP contribution in [0.1, 0.15) is 18.2 Å². The van der Waals surface area contributed by atoms with Gasteiger partial charge in [0.2, 0.25) is 0 Å². The van der Waals surface area contributed by atoms with Gasteiger partial charge in [0.1, 0.15) is 6.61 Å². The molecule has 146 valence electrons. The first-order valence-electron chi connectivity index (χ1n) is 9.09. The number of rotatable bonds is 10. The summed E-state index contributed by atoms with van der Waals surface area (Å²) in [7, 11) is 1.59. The molecule has 0 fully saturated rings. The number of ether oxygens (including phenoxy) is 2. The van der Waals surface area contributed by atoms with Crippen LogP contribution in [-0.4, -0.2) is 49.5 Å². The molecule has 1 heterocycles. The zero-order chi connectivity index (χ0) is 19.3. The van der Waals surface area contributed by atoms with Crippen molar-refractivity contribution in [2.24, 2.45) is 4.99 Å². The topological polar surface area (TPSA) is 88.0 Å². The molecule has 7 nitrogen and oxygen atoms in total. The highest BCUT2D eigenvalue weighted by Crippen LogP contribution is 2.28. The van der Waals surface area contributed by atoms with Crippen LogP contribution in [0.4, 0.5) is 0 Å². The number of nitrogens with one attached hydrogen (secondary N) is 2. The van der Waals surface area contributed by atoms with Gasteiger partial charge in [0.25, 0.3) is 0 Å². The van der Waals surface area contributed by atoms with Crippen LogP contribution in [-0.2, 0) is 13.0 Å². The van der Waals surface area contributed by atoms with Gasteiger partial charge in [0, 0.05) is 31.4 Å². The summed E-state index contributed by atoms with van der Waals surface area (Å²) < 4.78 is 10.8. The summed E-state index contributed by atoms with van der Waals surface area (Å²) in [5.41, 5.74) is 2.05. The van der Waals surface area contributed by atoms with Gasteiger partial charge in [-0.2, -0.15) is 0 Å². The highest BCUT2D eigenvalue weighted by Gasteiger charge is 2.06. The minimum absolute atomic E-state index is 0.0363. The third-order valence-corrected chi connectivity index (χ3v) is 3.74. The maximum atomic E-state index is 8.88. The fourth-order valence-electron chi connectivity index (χ4n) is 2.45. The van der Waals surface area contributed by atoms with Crippen molar-refractivity contribution in [3.05, 3.63) is 53.9 Å². The number of benzene rings is 1. The maximum absolute atomic E-state index is 8.88. The Balaban J connectivity index is 1.94. The maximum Gasteiger partial charge on any atom is 0.191 e. The zero-order valence-corrected chi connectivity index (χ0v) is 15.9. The summed E-state index contributed by atoms with van der Waals surface area (Å²) in [6.07, 6.45) is 2.63. The molecule has 2 aromatic rings. The Bertz CT molecular complexity index is 708. The lowest BCUT2D eigenvalue weighted by Crippen LogP contribution is -2.38. The van der Waals surface area contributed by atoms with E-state index < -0.39 is 0 Å². The Morgan fingerprint density at radius 1 is 1.19 bits per heavy atom. The van der Waals surface area contributed by atoms with E-state index in [-0.39, 0.29) is 13.2 Å². The van der Waals surface area contributed by atoms with Crippen molar-refractivity contribution in [2.45, 2.75) is 19.9 Å². The van der Waals surface area contributed by atoms with Crippen molar-refractivity contribution in [1.29, 1.82) is 0 Å². The molecule has 27 heavy (non-hydrogen) atoms. The summed E-state index contributed by atoms with van der Waals surface area (Å²) in [6.45, 7) is 4.28. The van der Waals surface area contributed by atoms with E-state index in [9.17, 15) is 0 Å². The lowest BCUT2D eigenvalue weighted by atomic mass is 10.2. The quantitative estimate of drug-likeness (QED) is 0.435. The lowest BCUT2D eigenvalue weighted by molar-refractivity contribution is 0.196. The van der Waals surface area contributed by atoms with Crippen molar-refractivity contribution >= 4 is 5.96 Å². The first kappa shape index (κ1) is 20.5. The number of pyridine rings is 1. The Kier molecular flexibility index (Phi) is 8.92. The van der Waals surface area contributed by atoms with Crippen LogP contribution in [0.25, 0.3) is 0 Å². The Morgan fingerprint density at radius 2 is 2.07 bits per heavy atom. The Labute approximate surface area is 160 Å². The molecule has 1 aromatic heterocycles. The van der Waals surface area contributed by atoms with Gasteiger partial charge in [-0.05, 0) is 36.8 Å². The van der Waals surface area contributed by atoms with E-state index >= 15 is 0 Å². The highest BCUT2D eigenvalue weighted by molar-refractivity contribution is 5.79. The molecule has 0 atom stereocenters. The van der Waals surface area contributed by atoms with E-state index in [1.807, 2.05) is 43.3 Å². The first-order valence-corrected chi connectivity index (χ1v) is 9.09. The number of hydrogen-bond donors (Lipinski definition) is 3. The molecule has 0 aliphatic rings. The molecule has 0 radical (unpaired) electrons. The van der Waals surface area contributed by atoms with Gasteiger partial charge in [0.15, 0.2) is 17.5 Å². The SMILES string of the molecule is CCNC(=NCc1ccc(OCCO)c(OC)c1)NCCc1ccccn1. The molecule has 0 aliphatic heterocycles. The van der Waals surface area contributed by atoms with Crippen LogP contribution in [0, 0.1) is 0 Å². The van der Waals surface area contributed by atoms with Gasteiger partial charge in [-0.1, -0.05) is 12.1 Å². The summed E-state index contributed by atoms with van der Waals surface area (Å²) >= 11 is 0. The summed E-state index contributed by atoms with van der Waals surface area (Å²) in [5, 5.41) is 15.4. The van der Waals surface area contributed by atoms with Crippen LogP contribution >= 0.6 is 0 Å². The minimum atomic E-state index is -0.0363. The van der Waals surface area contributed by atoms with Crippen LogP contribution in [0.3, 0.4) is 0 Å². The number of nitrogens with zero attached hydrogens (tertiary/aromatic N) is 2. The molecular formula is C20H28N4O3. The van der Waals surface area contributed by atoms with E-state index in [1.165, 1.54) is 0 Å². The van der Waals surface area contributed by atoms with Gasteiger partial charge in [0.05, 0.1) is 20.3 Å². The van der Waals surface area contributed by atoms with Crippen molar-refractivity contribution in [3.8, 4) is 11.5 Å².